The Bertz CT molecular complexity index is 1210. The van der Waals surface area contributed by atoms with E-state index in [0.717, 1.165) is 28.1 Å². The van der Waals surface area contributed by atoms with Gasteiger partial charge in [-0.05, 0) is 48.9 Å². The van der Waals surface area contributed by atoms with Gasteiger partial charge in [0.15, 0.2) is 5.76 Å². The quantitative estimate of drug-likeness (QED) is 0.314. The maximum Gasteiger partial charge on any atom is 0.254 e. The Hall–Kier alpha value is -2.72. The van der Waals surface area contributed by atoms with Crippen LogP contribution in [-0.4, -0.2) is 51.4 Å². The number of amides is 2. The van der Waals surface area contributed by atoms with Gasteiger partial charge in [-0.25, -0.2) is 4.98 Å². The van der Waals surface area contributed by atoms with Gasteiger partial charge in [0.05, 0.1) is 28.7 Å². The summed E-state index contributed by atoms with van der Waals surface area (Å²) in [6.07, 6.45) is 1.41. The summed E-state index contributed by atoms with van der Waals surface area (Å²) in [4.78, 5) is 34.2. The predicted octanol–water partition coefficient (Wildman–Crippen LogP) is 5.49. The Morgan fingerprint density at radius 3 is 2.68 bits per heavy atom. The van der Waals surface area contributed by atoms with E-state index in [1.165, 1.54) is 0 Å². The highest BCUT2D eigenvalue weighted by atomic mass is 79.9. The number of benzene rings is 1. The number of nitrogens with zero attached hydrogens (tertiary/aromatic N) is 3. The van der Waals surface area contributed by atoms with Crippen molar-refractivity contribution in [3.8, 4) is 16.3 Å². The molecule has 3 aromatic rings. The van der Waals surface area contributed by atoms with E-state index in [0.29, 0.717) is 36.5 Å². The van der Waals surface area contributed by atoms with E-state index in [1.807, 2.05) is 45.3 Å². The highest BCUT2D eigenvalue weighted by Crippen LogP contribution is 2.33. The van der Waals surface area contributed by atoms with Crippen LogP contribution in [0.2, 0.25) is 0 Å². The van der Waals surface area contributed by atoms with Crippen molar-refractivity contribution in [2.45, 2.75) is 58.5 Å². The first-order chi connectivity index (χ1) is 17.8. The number of aromatic nitrogens is 2. The molecule has 0 radical (unpaired) electrons. The summed E-state index contributed by atoms with van der Waals surface area (Å²) in [5.41, 5.74) is 4.98. The molecule has 1 saturated heterocycles. The fraction of sp³-hybridized carbons (Fsp3) is 0.481. The molecule has 37 heavy (non-hydrogen) atoms. The molecule has 1 aliphatic heterocycles. The number of carbonyl (C=O) groups is 2. The first-order valence-corrected chi connectivity index (χ1v) is 14.6. The third-order valence-electron chi connectivity index (χ3n) is 6.69. The van der Waals surface area contributed by atoms with Gasteiger partial charge >= 0.3 is 0 Å². The lowest BCUT2D eigenvalue weighted by atomic mass is 9.91. The molecular formula is C27H33BrN4O4S. The number of rotatable bonds is 10. The SMILES string of the molecule is Cc1ncsc1-c1ccc([C@H](C)NC(=O)[C@@H]2CCCN2C(=O)C(c2cc(OCCBr)no2)C(C)C)cc1. The highest BCUT2D eigenvalue weighted by molar-refractivity contribution is 9.09. The second kappa shape index (κ2) is 12.2. The number of halogens is 1. The van der Waals surface area contributed by atoms with Crippen LogP contribution in [0, 0.1) is 12.8 Å². The average molecular weight is 590 g/mol. The van der Waals surface area contributed by atoms with E-state index in [-0.39, 0.29) is 23.8 Å². The Morgan fingerprint density at radius 2 is 2.03 bits per heavy atom. The zero-order valence-electron chi connectivity index (χ0n) is 21.6. The van der Waals surface area contributed by atoms with Crippen molar-refractivity contribution in [3.63, 3.8) is 0 Å². The Kier molecular flexibility index (Phi) is 9.02. The van der Waals surface area contributed by atoms with Gasteiger partial charge in [0.2, 0.25) is 11.8 Å². The Labute approximate surface area is 229 Å². The number of thiazole rings is 1. The van der Waals surface area contributed by atoms with E-state index in [2.05, 4.69) is 43.5 Å². The van der Waals surface area contributed by atoms with Crippen LogP contribution < -0.4 is 10.1 Å². The van der Waals surface area contributed by atoms with Crippen molar-refractivity contribution in [1.29, 1.82) is 0 Å². The van der Waals surface area contributed by atoms with Crippen molar-refractivity contribution in [3.05, 3.63) is 52.9 Å². The highest BCUT2D eigenvalue weighted by Gasteiger charge is 2.40. The normalized spacial score (nSPS) is 17.1. The number of hydrogen-bond donors (Lipinski definition) is 1. The van der Waals surface area contributed by atoms with Gasteiger partial charge in [-0.3, -0.25) is 9.59 Å². The van der Waals surface area contributed by atoms with E-state index in [9.17, 15) is 9.59 Å². The zero-order chi connectivity index (χ0) is 26.5. The third kappa shape index (κ3) is 6.23. The van der Waals surface area contributed by atoms with E-state index < -0.39 is 12.0 Å². The standard InChI is InChI=1S/C27H33BrN4O4S/c1-16(2)24(22-14-23(31-36-22)35-13-11-28)27(34)32-12-5-6-21(32)26(33)30-17(3)19-7-9-20(10-8-19)25-18(4)29-15-37-25/h7-10,14-17,21,24H,5-6,11-13H2,1-4H3,(H,30,33)/t17-,21-,24?/m0/s1. The summed E-state index contributed by atoms with van der Waals surface area (Å²) in [6.45, 7) is 8.89. The molecule has 0 bridgehead atoms. The van der Waals surface area contributed by atoms with Gasteiger partial charge in [-0.15, -0.1) is 11.3 Å². The number of carbonyl (C=O) groups excluding carboxylic acids is 2. The Morgan fingerprint density at radius 1 is 1.27 bits per heavy atom. The molecule has 1 unspecified atom stereocenters. The zero-order valence-corrected chi connectivity index (χ0v) is 24.0. The van der Waals surface area contributed by atoms with Crippen LogP contribution >= 0.6 is 27.3 Å². The second-order valence-electron chi connectivity index (χ2n) is 9.64. The molecule has 0 aliphatic carbocycles. The molecule has 10 heteroatoms. The van der Waals surface area contributed by atoms with Crippen LogP contribution in [0.25, 0.3) is 10.4 Å². The summed E-state index contributed by atoms with van der Waals surface area (Å²) in [5, 5.41) is 7.74. The van der Waals surface area contributed by atoms with Gasteiger partial charge in [0.1, 0.15) is 12.0 Å². The van der Waals surface area contributed by atoms with Crippen LogP contribution in [0.1, 0.15) is 62.6 Å². The van der Waals surface area contributed by atoms with Crippen LogP contribution in [0.4, 0.5) is 0 Å². The number of alkyl halides is 1. The van der Waals surface area contributed by atoms with Crippen molar-refractivity contribution >= 4 is 39.1 Å². The third-order valence-corrected chi connectivity index (χ3v) is 7.99. The molecule has 3 heterocycles. The first kappa shape index (κ1) is 27.3. The summed E-state index contributed by atoms with van der Waals surface area (Å²) in [5.74, 6) is -0.0139. The van der Waals surface area contributed by atoms with Crippen molar-refractivity contribution in [2.24, 2.45) is 5.92 Å². The minimum absolute atomic E-state index is 0.0339. The van der Waals surface area contributed by atoms with Gasteiger partial charge in [-0.2, -0.15) is 0 Å². The van der Waals surface area contributed by atoms with E-state index in [1.54, 1.807) is 22.3 Å². The van der Waals surface area contributed by atoms with Gasteiger partial charge in [0, 0.05) is 17.9 Å². The molecule has 1 aromatic carbocycles. The van der Waals surface area contributed by atoms with Gasteiger partial charge in [0.25, 0.3) is 5.88 Å². The molecule has 0 spiro atoms. The topological polar surface area (TPSA) is 97.6 Å². The number of ether oxygens (including phenoxy) is 1. The second-order valence-corrected chi connectivity index (χ2v) is 11.3. The predicted molar refractivity (Wildman–Crippen MR) is 147 cm³/mol. The molecule has 1 fully saturated rings. The summed E-state index contributed by atoms with van der Waals surface area (Å²) in [6, 6.07) is 9.16. The molecular weight excluding hydrogens is 556 g/mol. The maximum atomic E-state index is 13.7. The van der Waals surface area contributed by atoms with Crippen LogP contribution in [0.5, 0.6) is 5.88 Å². The van der Waals surface area contributed by atoms with E-state index in [4.69, 9.17) is 9.26 Å². The summed E-state index contributed by atoms with van der Waals surface area (Å²) in [7, 11) is 0. The number of aryl methyl sites for hydroxylation is 1. The molecule has 3 atom stereocenters. The lowest BCUT2D eigenvalue weighted by Crippen LogP contribution is -2.48. The van der Waals surface area contributed by atoms with Crippen LogP contribution in [0.15, 0.2) is 40.4 Å². The smallest absolute Gasteiger partial charge is 0.254 e. The van der Waals surface area contributed by atoms with Crippen LogP contribution in [0.3, 0.4) is 0 Å². The minimum Gasteiger partial charge on any atom is -0.475 e. The largest absolute Gasteiger partial charge is 0.475 e. The molecule has 1 aliphatic rings. The monoisotopic (exact) mass is 588 g/mol. The molecule has 2 amide bonds. The van der Waals surface area contributed by atoms with Crippen molar-refractivity contribution in [1.82, 2.24) is 20.4 Å². The van der Waals surface area contributed by atoms with Crippen molar-refractivity contribution < 1.29 is 18.8 Å². The van der Waals surface area contributed by atoms with E-state index >= 15 is 0 Å². The summed E-state index contributed by atoms with van der Waals surface area (Å²) < 4.78 is 11.0. The van der Waals surface area contributed by atoms with Crippen molar-refractivity contribution in [2.75, 3.05) is 18.5 Å². The molecule has 198 valence electrons. The molecule has 0 saturated carbocycles. The molecule has 2 aromatic heterocycles. The molecule has 8 nitrogen and oxygen atoms in total. The molecule has 4 rings (SSSR count). The van der Waals surface area contributed by atoms with Gasteiger partial charge in [-0.1, -0.05) is 54.0 Å². The number of nitrogens with one attached hydrogen (secondary N) is 1. The number of hydrogen-bond acceptors (Lipinski definition) is 7. The van der Waals surface area contributed by atoms with Crippen LogP contribution in [-0.2, 0) is 9.59 Å². The fourth-order valence-electron chi connectivity index (χ4n) is 4.74. The fourth-order valence-corrected chi connectivity index (χ4v) is 5.72. The lowest BCUT2D eigenvalue weighted by Gasteiger charge is -2.29. The van der Waals surface area contributed by atoms with Gasteiger partial charge < -0.3 is 19.5 Å². The minimum atomic E-state index is -0.539. The first-order valence-electron chi connectivity index (χ1n) is 12.6. The maximum absolute atomic E-state index is 13.7. The summed E-state index contributed by atoms with van der Waals surface area (Å²) >= 11 is 4.93. The Balaban J connectivity index is 1.43. The number of likely N-dealkylation sites (tertiary alicyclic amines) is 1. The average Bonchev–Trinajstić information content (AvgIpc) is 3.64. The molecule has 1 N–H and O–H groups in total. The lowest BCUT2D eigenvalue weighted by molar-refractivity contribution is -0.141.